The van der Waals surface area contributed by atoms with Gasteiger partial charge >= 0.3 is 0 Å². The van der Waals surface area contributed by atoms with Gasteiger partial charge in [-0.3, -0.25) is 0 Å². The van der Waals surface area contributed by atoms with Gasteiger partial charge in [-0.1, -0.05) is 39.8 Å². The van der Waals surface area contributed by atoms with Crippen LogP contribution in [0.15, 0.2) is 24.3 Å². The summed E-state index contributed by atoms with van der Waals surface area (Å²) in [5, 5.41) is 3.54. The minimum absolute atomic E-state index is 0.232. The summed E-state index contributed by atoms with van der Waals surface area (Å²) in [5.74, 6) is 1.63. The van der Waals surface area contributed by atoms with Crippen LogP contribution in [0, 0.1) is 11.3 Å². The zero-order chi connectivity index (χ0) is 14.5. The molecule has 0 unspecified atom stereocenters. The van der Waals surface area contributed by atoms with Gasteiger partial charge in [0.15, 0.2) is 0 Å². The molecular weight excluding hydrogens is 234 g/mol. The van der Waals surface area contributed by atoms with Crippen molar-refractivity contribution < 1.29 is 4.74 Å². The predicted octanol–water partition coefficient (Wildman–Crippen LogP) is 4.25. The van der Waals surface area contributed by atoms with Gasteiger partial charge in [0, 0.05) is 13.1 Å². The van der Waals surface area contributed by atoms with Gasteiger partial charge in [0.05, 0.1) is 6.10 Å². The Hall–Kier alpha value is -1.02. The minimum Gasteiger partial charge on any atom is -0.491 e. The molecule has 2 heteroatoms. The molecule has 0 aliphatic heterocycles. The summed E-state index contributed by atoms with van der Waals surface area (Å²) in [6.07, 6.45) is 0.232. The lowest BCUT2D eigenvalue weighted by Crippen LogP contribution is -2.33. The molecule has 1 aromatic rings. The molecule has 1 aromatic carbocycles. The summed E-state index contributed by atoms with van der Waals surface area (Å²) >= 11 is 0. The molecule has 0 radical (unpaired) electrons. The molecule has 0 spiro atoms. The fourth-order valence-corrected chi connectivity index (χ4v) is 1.69. The molecule has 0 saturated heterocycles. The number of hydrogen-bond donors (Lipinski definition) is 1. The number of rotatable bonds is 7. The highest BCUT2D eigenvalue weighted by molar-refractivity contribution is 5.27. The molecule has 0 amide bonds. The van der Waals surface area contributed by atoms with Gasteiger partial charge in [0.2, 0.25) is 0 Å². The van der Waals surface area contributed by atoms with Gasteiger partial charge in [-0.15, -0.1) is 0 Å². The van der Waals surface area contributed by atoms with E-state index in [9.17, 15) is 0 Å². The molecule has 19 heavy (non-hydrogen) atoms. The largest absolute Gasteiger partial charge is 0.491 e. The topological polar surface area (TPSA) is 21.3 Å². The standard InChI is InChI=1S/C17H29NO/c1-13(2)17(5,6)12-18-11-15-7-9-16(10-8-15)19-14(3)4/h7-10,13-14,18H,11-12H2,1-6H3. The van der Waals surface area contributed by atoms with Gasteiger partial charge in [-0.25, -0.2) is 0 Å². The molecule has 2 nitrogen and oxygen atoms in total. The first kappa shape index (κ1) is 16.0. The van der Waals surface area contributed by atoms with Crippen LogP contribution in [0.5, 0.6) is 5.75 Å². The number of benzene rings is 1. The minimum atomic E-state index is 0.232. The first-order valence-electron chi connectivity index (χ1n) is 7.27. The van der Waals surface area contributed by atoms with Crippen LogP contribution in [0.3, 0.4) is 0 Å². The second kappa shape index (κ2) is 6.95. The fraction of sp³-hybridized carbons (Fsp3) is 0.647. The molecule has 0 aromatic heterocycles. The average Bonchev–Trinajstić information content (AvgIpc) is 2.30. The van der Waals surface area contributed by atoms with Crippen LogP contribution in [0.25, 0.3) is 0 Å². The van der Waals surface area contributed by atoms with E-state index in [1.165, 1.54) is 5.56 Å². The van der Waals surface area contributed by atoms with Crippen LogP contribution in [-0.4, -0.2) is 12.6 Å². The van der Waals surface area contributed by atoms with Gasteiger partial charge in [-0.2, -0.15) is 0 Å². The van der Waals surface area contributed by atoms with E-state index in [1.807, 2.05) is 26.0 Å². The molecule has 0 heterocycles. The summed E-state index contributed by atoms with van der Waals surface area (Å²) in [7, 11) is 0. The Morgan fingerprint density at radius 2 is 1.63 bits per heavy atom. The first-order chi connectivity index (χ1) is 8.81. The number of ether oxygens (including phenoxy) is 1. The molecule has 0 atom stereocenters. The van der Waals surface area contributed by atoms with Crippen molar-refractivity contribution in [1.29, 1.82) is 0 Å². The van der Waals surface area contributed by atoms with E-state index in [2.05, 4.69) is 45.1 Å². The van der Waals surface area contributed by atoms with E-state index in [0.717, 1.165) is 18.8 Å². The zero-order valence-corrected chi connectivity index (χ0v) is 13.3. The Bertz CT molecular complexity index is 365. The maximum Gasteiger partial charge on any atom is 0.119 e. The third-order valence-corrected chi connectivity index (χ3v) is 3.77. The van der Waals surface area contributed by atoms with E-state index in [0.29, 0.717) is 11.3 Å². The van der Waals surface area contributed by atoms with Gasteiger partial charge < -0.3 is 10.1 Å². The normalized spacial score (nSPS) is 12.2. The van der Waals surface area contributed by atoms with Crippen LogP contribution >= 0.6 is 0 Å². The van der Waals surface area contributed by atoms with Crippen LogP contribution in [0.2, 0.25) is 0 Å². The molecule has 1 rings (SSSR count). The SMILES string of the molecule is CC(C)Oc1ccc(CNCC(C)(C)C(C)C)cc1. The second-order valence-corrected chi connectivity index (χ2v) is 6.56. The van der Waals surface area contributed by atoms with Gasteiger partial charge in [0.1, 0.15) is 5.75 Å². The van der Waals surface area contributed by atoms with E-state index < -0.39 is 0 Å². The molecule has 108 valence electrons. The van der Waals surface area contributed by atoms with Gasteiger partial charge in [-0.05, 0) is 42.9 Å². The summed E-state index contributed by atoms with van der Waals surface area (Å²) in [6.45, 7) is 15.2. The lowest BCUT2D eigenvalue weighted by molar-refractivity contribution is 0.237. The number of hydrogen-bond acceptors (Lipinski definition) is 2. The van der Waals surface area contributed by atoms with Crippen LogP contribution in [-0.2, 0) is 6.54 Å². The van der Waals surface area contributed by atoms with Crippen LogP contribution < -0.4 is 10.1 Å². The maximum atomic E-state index is 5.64. The average molecular weight is 263 g/mol. The van der Waals surface area contributed by atoms with Crippen molar-refractivity contribution in [3.63, 3.8) is 0 Å². The third kappa shape index (κ3) is 5.65. The monoisotopic (exact) mass is 263 g/mol. The molecular formula is C17H29NO. The number of nitrogens with one attached hydrogen (secondary N) is 1. The van der Waals surface area contributed by atoms with Crippen molar-refractivity contribution in [3.8, 4) is 5.75 Å². The first-order valence-corrected chi connectivity index (χ1v) is 7.27. The third-order valence-electron chi connectivity index (χ3n) is 3.77. The van der Waals surface area contributed by atoms with E-state index in [4.69, 9.17) is 4.74 Å². The van der Waals surface area contributed by atoms with Crippen molar-refractivity contribution in [2.45, 2.75) is 54.2 Å². The highest BCUT2D eigenvalue weighted by atomic mass is 16.5. The second-order valence-electron chi connectivity index (χ2n) is 6.56. The van der Waals surface area contributed by atoms with E-state index in [-0.39, 0.29) is 6.10 Å². The van der Waals surface area contributed by atoms with Gasteiger partial charge in [0.25, 0.3) is 0 Å². The zero-order valence-electron chi connectivity index (χ0n) is 13.3. The summed E-state index contributed by atoms with van der Waals surface area (Å²) < 4.78 is 5.64. The Balaban J connectivity index is 2.42. The van der Waals surface area contributed by atoms with Crippen molar-refractivity contribution in [3.05, 3.63) is 29.8 Å². The maximum absolute atomic E-state index is 5.64. The molecule has 0 aliphatic rings. The van der Waals surface area contributed by atoms with E-state index in [1.54, 1.807) is 0 Å². The molecule has 1 N–H and O–H groups in total. The smallest absolute Gasteiger partial charge is 0.119 e. The molecule has 0 saturated carbocycles. The lowest BCUT2D eigenvalue weighted by atomic mass is 9.81. The Labute approximate surface area is 118 Å². The quantitative estimate of drug-likeness (QED) is 0.794. The summed E-state index contributed by atoms with van der Waals surface area (Å²) in [6, 6.07) is 8.36. The van der Waals surface area contributed by atoms with Crippen molar-refractivity contribution >= 4 is 0 Å². The summed E-state index contributed by atoms with van der Waals surface area (Å²) in [4.78, 5) is 0. The van der Waals surface area contributed by atoms with Crippen molar-refractivity contribution in [2.24, 2.45) is 11.3 Å². The summed E-state index contributed by atoms with van der Waals surface area (Å²) in [5.41, 5.74) is 1.64. The highest BCUT2D eigenvalue weighted by Gasteiger charge is 2.21. The highest BCUT2D eigenvalue weighted by Crippen LogP contribution is 2.24. The van der Waals surface area contributed by atoms with Crippen LogP contribution in [0.1, 0.15) is 47.1 Å². The van der Waals surface area contributed by atoms with Crippen LogP contribution in [0.4, 0.5) is 0 Å². The molecule has 0 bridgehead atoms. The Morgan fingerprint density at radius 1 is 1.05 bits per heavy atom. The molecule has 0 fully saturated rings. The predicted molar refractivity (Wildman–Crippen MR) is 82.5 cm³/mol. The fourth-order valence-electron chi connectivity index (χ4n) is 1.69. The van der Waals surface area contributed by atoms with Crippen molar-refractivity contribution in [2.75, 3.05) is 6.54 Å². The lowest BCUT2D eigenvalue weighted by Gasteiger charge is -2.29. The van der Waals surface area contributed by atoms with Crippen molar-refractivity contribution in [1.82, 2.24) is 5.32 Å². The Kier molecular flexibility index (Phi) is 5.86. The Morgan fingerprint density at radius 3 is 2.11 bits per heavy atom. The molecule has 0 aliphatic carbocycles. The van der Waals surface area contributed by atoms with E-state index >= 15 is 0 Å².